The van der Waals surface area contributed by atoms with Gasteiger partial charge in [0.15, 0.2) is 0 Å². The molecule has 0 saturated carbocycles. The average molecular weight is 247 g/mol. The number of benzene rings is 1. The third kappa shape index (κ3) is 0.920. The molecule has 0 aliphatic heterocycles. The van der Waals surface area contributed by atoms with Gasteiger partial charge >= 0.3 is 67.6 Å². The summed E-state index contributed by atoms with van der Waals surface area (Å²) in [5.41, 5.74) is 0.961. The molecule has 0 aliphatic carbocycles. The van der Waals surface area contributed by atoms with Gasteiger partial charge in [-0.3, -0.25) is 0 Å². The van der Waals surface area contributed by atoms with Crippen molar-refractivity contribution in [1.82, 2.24) is 4.98 Å². The molecular formula is C7H5NOTe. The molecule has 3 heteroatoms. The Morgan fingerprint density at radius 2 is 2.30 bits per heavy atom. The van der Waals surface area contributed by atoms with E-state index in [0.717, 1.165) is 5.52 Å². The van der Waals surface area contributed by atoms with E-state index in [2.05, 4.69) is 4.98 Å². The summed E-state index contributed by atoms with van der Waals surface area (Å²) in [4.78, 5) is 4.13. The molecule has 1 heterocycles. The van der Waals surface area contributed by atoms with Gasteiger partial charge in [-0.15, -0.1) is 0 Å². The van der Waals surface area contributed by atoms with E-state index in [1.807, 2.05) is 10.3 Å². The molecule has 10 heavy (non-hydrogen) atoms. The van der Waals surface area contributed by atoms with Gasteiger partial charge in [0.25, 0.3) is 0 Å². The molecule has 0 aliphatic rings. The molecule has 1 aromatic heterocycles. The fourth-order valence-electron chi connectivity index (χ4n) is 0.846. The minimum atomic E-state index is -0.155. The summed E-state index contributed by atoms with van der Waals surface area (Å²) in [5, 5.41) is 9.04. The number of fused-ring (bicyclic) bond motifs is 1. The summed E-state index contributed by atoms with van der Waals surface area (Å²) >= 11 is -0.155. The predicted octanol–water partition coefficient (Wildman–Crippen LogP) is 0.997. The van der Waals surface area contributed by atoms with Crippen molar-refractivity contribution >= 4 is 29.3 Å². The molecule has 0 saturated heterocycles. The SMILES string of the molecule is Oc1ccc2[te]cnc2c1. The van der Waals surface area contributed by atoms with Gasteiger partial charge in [-0.1, -0.05) is 0 Å². The summed E-state index contributed by atoms with van der Waals surface area (Å²) in [6, 6.07) is 5.39. The second-order valence-corrected chi connectivity index (χ2v) is 4.53. The normalized spacial score (nSPS) is 10.4. The maximum absolute atomic E-state index is 9.04. The quantitative estimate of drug-likeness (QED) is 0.704. The summed E-state index contributed by atoms with van der Waals surface area (Å²) in [7, 11) is 0. The number of hydrogen-bond donors (Lipinski definition) is 1. The van der Waals surface area contributed by atoms with Gasteiger partial charge in [-0.05, 0) is 0 Å². The Labute approximate surface area is 67.8 Å². The van der Waals surface area contributed by atoms with Crippen molar-refractivity contribution in [2.75, 3.05) is 0 Å². The molecule has 0 spiro atoms. The Hall–Kier alpha value is -0.520. The number of phenols is 1. The van der Waals surface area contributed by atoms with Crippen LogP contribution in [0.1, 0.15) is 0 Å². The van der Waals surface area contributed by atoms with E-state index in [1.54, 1.807) is 12.1 Å². The van der Waals surface area contributed by atoms with Crippen LogP contribution in [0.4, 0.5) is 0 Å². The molecule has 0 bridgehead atoms. The predicted molar refractivity (Wildman–Crippen MR) is 40.3 cm³/mol. The van der Waals surface area contributed by atoms with Crippen molar-refractivity contribution in [1.29, 1.82) is 0 Å². The van der Waals surface area contributed by atoms with Crippen molar-refractivity contribution in [3.8, 4) is 5.75 Å². The van der Waals surface area contributed by atoms with E-state index < -0.39 is 0 Å². The van der Waals surface area contributed by atoms with E-state index in [9.17, 15) is 0 Å². The Morgan fingerprint density at radius 3 is 3.20 bits per heavy atom. The third-order valence-corrected chi connectivity index (χ3v) is 3.63. The summed E-state index contributed by atoms with van der Waals surface area (Å²) < 4.78 is 3.30. The molecule has 2 aromatic rings. The maximum atomic E-state index is 9.04. The van der Waals surface area contributed by atoms with Crippen LogP contribution in [0.25, 0.3) is 8.92 Å². The first-order valence-corrected chi connectivity index (χ1v) is 5.39. The first-order chi connectivity index (χ1) is 4.86. The molecule has 0 radical (unpaired) electrons. The first-order valence-electron chi connectivity index (χ1n) is 2.88. The molecule has 2 nitrogen and oxygen atoms in total. The third-order valence-electron chi connectivity index (χ3n) is 1.31. The number of nitrogens with zero attached hydrogens (tertiary/aromatic N) is 1. The molecule has 0 unspecified atom stereocenters. The molecule has 0 amide bonds. The van der Waals surface area contributed by atoms with Gasteiger partial charge in [-0.2, -0.15) is 0 Å². The van der Waals surface area contributed by atoms with Crippen LogP contribution >= 0.6 is 0 Å². The minimum absolute atomic E-state index is 0.155. The van der Waals surface area contributed by atoms with E-state index in [1.165, 1.54) is 3.40 Å². The Bertz CT molecular complexity index is 355. The van der Waals surface area contributed by atoms with E-state index >= 15 is 0 Å². The van der Waals surface area contributed by atoms with Crippen LogP contribution in [0.5, 0.6) is 5.75 Å². The Morgan fingerprint density at radius 1 is 1.40 bits per heavy atom. The number of rotatable bonds is 0. The molecule has 0 atom stereocenters. The zero-order valence-corrected chi connectivity index (χ0v) is 7.44. The summed E-state index contributed by atoms with van der Waals surface area (Å²) in [6.45, 7) is 0. The van der Waals surface area contributed by atoms with Gasteiger partial charge in [0.2, 0.25) is 0 Å². The van der Waals surface area contributed by atoms with E-state index in [-0.39, 0.29) is 20.4 Å². The van der Waals surface area contributed by atoms with Crippen molar-refractivity contribution in [3.63, 3.8) is 0 Å². The molecule has 0 fully saturated rings. The van der Waals surface area contributed by atoms with Crippen LogP contribution in [0.2, 0.25) is 0 Å². The molecule has 2 rings (SSSR count). The second-order valence-electron chi connectivity index (χ2n) is 2.00. The van der Waals surface area contributed by atoms with Gasteiger partial charge < -0.3 is 0 Å². The zero-order chi connectivity index (χ0) is 6.97. The number of aromatic hydroxyl groups is 1. The average Bonchev–Trinajstić information content (AvgIpc) is 2.33. The molecule has 1 N–H and O–H groups in total. The topological polar surface area (TPSA) is 33.1 Å². The first kappa shape index (κ1) is 6.21. The van der Waals surface area contributed by atoms with Crippen LogP contribution in [0.15, 0.2) is 22.4 Å². The van der Waals surface area contributed by atoms with Gasteiger partial charge in [-0.25, -0.2) is 0 Å². The van der Waals surface area contributed by atoms with Crippen molar-refractivity contribution in [3.05, 3.63) is 22.4 Å². The molecule has 1 aromatic carbocycles. The molecular weight excluding hydrogens is 242 g/mol. The monoisotopic (exact) mass is 249 g/mol. The van der Waals surface area contributed by atoms with Crippen LogP contribution in [0.3, 0.4) is 0 Å². The van der Waals surface area contributed by atoms with Gasteiger partial charge in [0.1, 0.15) is 0 Å². The fraction of sp³-hybridized carbons (Fsp3) is 0. The second kappa shape index (κ2) is 2.26. The van der Waals surface area contributed by atoms with Crippen molar-refractivity contribution < 1.29 is 5.11 Å². The van der Waals surface area contributed by atoms with Crippen LogP contribution < -0.4 is 0 Å². The number of aromatic nitrogens is 1. The summed E-state index contributed by atoms with van der Waals surface area (Å²) in [6.07, 6.45) is 0. The van der Waals surface area contributed by atoms with E-state index in [4.69, 9.17) is 5.11 Å². The van der Waals surface area contributed by atoms with Crippen LogP contribution in [0, 0.1) is 0 Å². The van der Waals surface area contributed by atoms with E-state index in [0.29, 0.717) is 5.75 Å². The van der Waals surface area contributed by atoms with Crippen LogP contribution in [-0.4, -0.2) is 30.5 Å². The fourth-order valence-corrected chi connectivity index (χ4v) is 2.73. The Balaban J connectivity index is 2.86. The standard InChI is InChI=1S/C7H5NOTe/c9-5-1-2-7-6(3-5)8-4-10-7/h1-4,9H. The Kier molecular flexibility index (Phi) is 1.40. The van der Waals surface area contributed by atoms with Crippen molar-refractivity contribution in [2.45, 2.75) is 0 Å². The summed E-state index contributed by atoms with van der Waals surface area (Å²) in [5.74, 6) is 0.310. The van der Waals surface area contributed by atoms with Gasteiger partial charge in [0, 0.05) is 0 Å². The van der Waals surface area contributed by atoms with Gasteiger partial charge in [0.05, 0.1) is 0 Å². The van der Waals surface area contributed by atoms with Crippen LogP contribution in [-0.2, 0) is 0 Å². The number of phenolic OH excluding ortho intramolecular Hbond substituents is 1. The molecule has 50 valence electrons. The zero-order valence-electron chi connectivity index (χ0n) is 5.11. The number of hydrogen-bond acceptors (Lipinski definition) is 2. The van der Waals surface area contributed by atoms with Crippen molar-refractivity contribution in [2.24, 2.45) is 0 Å².